The number of amides is 1. The molecule has 2 aromatic rings. The van der Waals surface area contributed by atoms with E-state index in [2.05, 4.69) is 42.1 Å². The van der Waals surface area contributed by atoms with Crippen molar-refractivity contribution in [1.29, 1.82) is 0 Å². The first-order chi connectivity index (χ1) is 12.3. The van der Waals surface area contributed by atoms with E-state index in [1.807, 2.05) is 29.8 Å². The molecule has 3 N–H and O–H groups in total. The zero-order valence-corrected chi connectivity index (χ0v) is 15.7. The van der Waals surface area contributed by atoms with Gasteiger partial charge in [-0.3, -0.25) is 9.79 Å². The van der Waals surface area contributed by atoms with Gasteiger partial charge >= 0.3 is 0 Å². The van der Waals surface area contributed by atoms with Gasteiger partial charge < -0.3 is 15.4 Å². The second-order valence-electron chi connectivity index (χ2n) is 7.62. The molecule has 134 valence electrons. The van der Waals surface area contributed by atoms with Crippen molar-refractivity contribution in [2.45, 2.75) is 37.5 Å². The largest absolute Gasteiger partial charge is 0.510 e. The molecule has 0 saturated carbocycles. The molecule has 1 aromatic heterocycles. The smallest absolute Gasteiger partial charge is 0.260 e. The molecule has 0 bridgehead atoms. The number of carbonyl (C=O) groups excluding carboxylic acids is 1. The lowest BCUT2D eigenvalue weighted by molar-refractivity contribution is -0.112. The molecule has 2 aliphatic heterocycles. The zero-order chi connectivity index (χ0) is 18.5. The third-order valence-corrected chi connectivity index (χ3v) is 5.83. The van der Waals surface area contributed by atoms with Crippen LogP contribution in [0.5, 0.6) is 0 Å². The van der Waals surface area contributed by atoms with Gasteiger partial charge in [0, 0.05) is 23.6 Å². The molecule has 0 aliphatic carbocycles. The molecule has 0 saturated heterocycles. The first-order valence-electron chi connectivity index (χ1n) is 8.56. The summed E-state index contributed by atoms with van der Waals surface area (Å²) in [5, 5.41) is 16.3. The van der Waals surface area contributed by atoms with Gasteiger partial charge in [0.15, 0.2) is 0 Å². The summed E-state index contributed by atoms with van der Waals surface area (Å²) in [6.45, 7) is 6.34. The molecular weight excluding hydrogens is 346 g/mol. The molecule has 2 aliphatic rings. The average Bonchev–Trinajstić information content (AvgIpc) is 3.21. The van der Waals surface area contributed by atoms with Gasteiger partial charge in [-0.05, 0) is 40.0 Å². The Morgan fingerprint density at radius 2 is 2.15 bits per heavy atom. The Morgan fingerprint density at radius 3 is 2.92 bits per heavy atom. The summed E-state index contributed by atoms with van der Waals surface area (Å²) in [4.78, 5) is 20.4. The summed E-state index contributed by atoms with van der Waals surface area (Å²) in [5.74, 6) is -0.246. The van der Waals surface area contributed by atoms with Gasteiger partial charge in [-0.25, -0.2) is 0 Å². The van der Waals surface area contributed by atoms with E-state index in [1.165, 1.54) is 18.0 Å². The summed E-state index contributed by atoms with van der Waals surface area (Å²) in [6.07, 6.45) is 5.30. The van der Waals surface area contributed by atoms with Gasteiger partial charge in [0.25, 0.3) is 5.91 Å². The highest BCUT2D eigenvalue weighted by atomic mass is 32.2. The highest BCUT2D eigenvalue weighted by molar-refractivity contribution is 8.03. The van der Waals surface area contributed by atoms with Crippen molar-refractivity contribution >= 4 is 40.5 Å². The topological polar surface area (TPSA) is 77.5 Å². The Hall–Kier alpha value is -2.47. The number of dihydropyridines is 1. The van der Waals surface area contributed by atoms with Crippen LogP contribution in [0.1, 0.15) is 26.3 Å². The van der Waals surface area contributed by atoms with E-state index in [0.717, 1.165) is 22.2 Å². The maximum Gasteiger partial charge on any atom is 0.260 e. The van der Waals surface area contributed by atoms with Crippen LogP contribution >= 0.6 is 11.8 Å². The van der Waals surface area contributed by atoms with Crippen LogP contribution in [0.15, 0.2) is 52.2 Å². The molecule has 2 atom stereocenters. The fourth-order valence-electron chi connectivity index (χ4n) is 3.32. The van der Waals surface area contributed by atoms with Crippen molar-refractivity contribution in [3.63, 3.8) is 0 Å². The predicted octanol–water partition coefficient (Wildman–Crippen LogP) is 4.30. The highest BCUT2D eigenvalue weighted by Crippen LogP contribution is 2.36. The number of aliphatic imine (C=N–C) groups is 1. The second-order valence-corrected chi connectivity index (χ2v) is 8.67. The summed E-state index contributed by atoms with van der Waals surface area (Å²) in [5.41, 5.74) is 2.83. The quantitative estimate of drug-likeness (QED) is 0.741. The van der Waals surface area contributed by atoms with Gasteiger partial charge in [0.05, 0.1) is 16.9 Å². The number of thioether (sulfide) groups is 1. The third kappa shape index (κ3) is 2.84. The number of aliphatic hydroxyl groups excluding tert-OH is 1. The number of hydrogen-bond donors (Lipinski definition) is 3. The summed E-state index contributed by atoms with van der Waals surface area (Å²) < 4.78 is 0. The minimum atomic E-state index is -0.339. The van der Waals surface area contributed by atoms with Crippen LogP contribution < -0.4 is 5.32 Å². The Balaban J connectivity index is 1.70. The van der Waals surface area contributed by atoms with Crippen molar-refractivity contribution in [2.75, 3.05) is 5.32 Å². The number of hydrogen-bond acceptors (Lipinski definition) is 4. The SMILES string of the molecule is CC(C)(C)c1cc2cc[nH]c2cc1NC(=O)C1=C(O)C2SC=CC2N=C1. The summed E-state index contributed by atoms with van der Waals surface area (Å²) >= 11 is 1.49. The summed E-state index contributed by atoms with van der Waals surface area (Å²) in [7, 11) is 0. The van der Waals surface area contributed by atoms with Crippen molar-refractivity contribution in [1.82, 2.24) is 4.98 Å². The maximum absolute atomic E-state index is 12.9. The first-order valence-corrected chi connectivity index (χ1v) is 9.50. The standard InChI is InChI=1S/C20H21N3O2S/c1-20(2,3)13-8-11-4-6-21-15(11)9-16(13)23-19(25)12-10-22-14-5-7-26-18(14)17(12)24/h4-10,14,18,21,24H,1-3H3,(H,23,25). The minimum absolute atomic E-state index is 0.0862. The molecule has 6 heteroatoms. The summed E-state index contributed by atoms with van der Waals surface area (Å²) in [6, 6.07) is 5.97. The fraction of sp³-hybridized carbons (Fsp3) is 0.300. The molecule has 1 aromatic carbocycles. The molecule has 26 heavy (non-hydrogen) atoms. The van der Waals surface area contributed by atoms with Gasteiger partial charge in [0.2, 0.25) is 0 Å². The van der Waals surface area contributed by atoms with Crippen LogP contribution in [-0.2, 0) is 10.2 Å². The molecule has 5 nitrogen and oxygen atoms in total. The lowest BCUT2D eigenvalue weighted by Crippen LogP contribution is -2.29. The fourth-order valence-corrected chi connectivity index (χ4v) is 4.31. The number of aromatic amines is 1. The van der Waals surface area contributed by atoms with E-state index in [-0.39, 0.29) is 33.9 Å². The van der Waals surface area contributed by atoms with Gasteiger partial charge in [-0.2, -0.15) is 0 Å². The molecule has 4 rings (SSSR count). The number of nitrogens with one attached hydrogen (secondary N) is 2. The van der Waals surface area contributed by atoms with Crippen LogP contribution in [0.3, 0.4) is 0 Å². The second kappa shape index (κ2) is 6.06. The number of carbonyl (C=O) groups is 1. The van der Waals surface area contributed by atoms with Crippen LogP contribution in [-0.4, -0.2) is 33.5 Å². The molecule has 0 spiro atoms. The Labute approximate surface area is 156 Å². The molecule has 0 fully saturated rings. The number of aromatic nitrogens is 1. The third-order valence-electron chi connectivity index (χ3n) is 4.72. The number of anilines is 1. The van der Waals surface area contributed by atoms with E-state index in [9.17, 15) is 9.90 Å². The molecule has 3 heterocycles. The van der Waals surface area contributed by atoms with Gasteiger partial charge in [-0.15, -0.1) is 11.8 Å². The lowest BCUT2D eigenvalue weighted by Gasteiger charge is -2.25. The van der Waals surface area contributed by atoms with E-state index in [4.69, 9.17) is 0 Å². The number of benzene rings is 1. The van der Waals surface area contributed by atoms with Crippen LogP contribution in [0.4, 0.5) is 5.69 Å². The Morgan fingerprint density at radius 1 is 1.35 bits per heavy atom. The van der Waals surface area contributed by atoms with Crippen LogP contribution in [0.2, 0.25) is 0 Å². The van der Waals surface area contributed by atoms with Crippen molar-refractivity contribution in [3.8, 4) is 0 Å². The number of nitrogens with zero attached hydrogens (tertiary/aromatic N) is 1. The number of aliphatic hydroxyl groups is 1. The van der Waals surface area contributed by atoms with E-state index in [0.29, 0.717) is 0 Å². The van der Waals surface area contributed by atoms with E-state index in [1.54, 1.807) is 0 Å². The van der Waals surface area contributed by atoms with E-state index < -0.39 is 0 Å². The monoisotopic (exact) mass is 367 g/mol. The lowest BCUT2D eigenvalue weighted by atomic mass is 9.85. The highest BCUT2D eigenvalue weighted by Gasteiger charge is 2.33. The maximum atomic E-state index is 12.9. The normalized spacial score (nSPS) is 22.1. The van der Waals surface area contributed by atoms with Crippen LogP contribution in [0, 0.1) is 0 Å². The van der Waals surface area contributed by atoms with Gasteiger partial charge in [-0.1, -0.05) is 26.8 Å². The average molecular weight is 367 g/mol. The molecular formula is C20H21N3O2S. The minimum Gasteiger partial charge on any atom is -0.510 e. The number of fused-ring (bicyclic) bond motifs is 2. The Bertz CT molecular complexity index is 979. The van der Waals surface area contributed by atoms with Crippen molar-refractivity contribution in [2.24, 2.45) is 4.99 Å². The number of H-pyrrole nitrogens is 1. The molecule has 2 unspecified atom stereocenters. The van der Waals surface area contributed by atoms with Crippen molar-refractivity contribution < 1.29 is 9.90 Å². The van der Waals surface area contributed by atoms with Crippen LogP contribution in [0.25, 0.3) is 10.9 Å². The van der Waals surface area contributed by atoms with Crippen molar-refractivity contribution in [3.05, 3.63) is 52.8 Å². The predicted molar refractivity (Wildman–Crippen MR) is 108 cm³/mol. The Kier molecular flexibility index (Phi) is 3.95. The molecule has 1 amide bonds. The zero-order valence-electron chi connectivity index (χ0n) is 14.9. The number of rotatable bonds is 2. The first kappa shape index (κ1) is 17.0. The van der Waals surface area contributed by atoms with Gasteiger partial charge in [0.1, 0.15) is 5.76 Å². The van der Waals surface area contributed by atoms with E-state index >= 15 is 0 Å². The molecule has 0 radical (unpaired) electrons.